The zero-order chi connectivity index (χ0) is 23.9. The number of aromatic nitrogens is 3. The molecule has 1 fully saturated rings. The number of nitrogens with zero attached hydrogens (tertiary/aromatic N) is 6. The SMILES string of the molecule is C=C1N2C=C(CN3CCCCC3)C=C(C(F)(F)F)C2=CN1c1cccc(Cc2nncn2C)c1. The largest absolute Gasteiger partial charge is 0.418 e. The molecule has 1 aromatic heterocycles. The van der Waals surface area contributed by atoms with Crippen LogP contribution in [0.5, 0.6) is 0 Å². The number of fused-ring (bicyclic) bond motifs is 1. The summed E-state index contributed by atoms with van der Waals surface area (Å²) in [5, 5.41) is 8.03. The first kappa shape index (κ1) is 22.5. The monoisotopic (exact) mass is 468 g/mol. The van der Waals surface area contributed by atoms with Crippen LogP contribution in [0.1, 0.15) is 30.7 Å². The van der Waals surface area contributed by atoms with E-state index >= 15 is 0 Å². The van der Waals surface area contributed by atoms with Gasteiger partial charge in [0.05, 0.1) is 11.3 Å². The fraction of sp³-hybridized carbons (Fsp3) is 0.360. The Morgan fingerprint density at radius 2 is 1.85 bits per heavy atom. The number of benzene rings is 1. The number of hydrogen-bond acceptors (Lipinski definition) is 5. The summed E-state index contributed by atoms with van der Waals surface area (Å²) in [5.74, 6) is 1.28. The van der Waals surface area contributed by atoms with Crippen LogP contribution in [0.3, 0.4) is 0 Å². The van der Waals surface area contributed by atoms with Gasteiger partial charge in [0.2, 0.25) is 0 Å². The van der Waals surface area contributed by atoms with Crippen molar-refractivity contribution >= 4 is 5.69 Å². The van der Waals surface area contributed by atoms with Gasteiger partial charge in [-0.1, -0.05) is 25.1 Å². The minimum Gasteiger partial charge on any atom is -0.320 e. The van der Waals surface area contributed by atoms with Crippen molar-refractivity contribution in [3.05, 3.63) is 89.7 Å². The highest BCUT2D eigenvalue weighted by Crippen LogP contribution is 2.43. The predicted molar refractivity (Wildman–Crippen MR) is 124 cm³/mol. The lowest BCUT2D eigenvalue weighted by Gasteiger charge is -2.31. The third kappa shape index (κ3) is 4.40. The number of likely N-dealkylation sites (tertiary alicyclic amines) is 1. The van der Waals surface area contributed by atoms with E-state index in [1.165, 1.54) is 18.7 Å². The van der Waals surface area contributed by atoms with Gasteiger partial charge in [-0.15, -0.1) is 10.2 Å². The fourth-order valence-corrected chi connectivity index (χ4v) is 4.70. The standard InChI is InChI=1S/C25H27F3N6/c1-18-33(21-8-6-7-19(11-21)13-24-30-29-17-31(24)2)16-23-22(25(26,27)28)12-20(15-34(18)23)14-32-9-4-3-5-10-32/h6-8,11-12,15-17H,1,3-5,9-10,13-14H2,2H3. The summed E-state index contributed by atoms with van der Waals surface area (Å²) >= 11 is 0. The number of allylic oxidation sites excluding steroid dienone is 1. The Kier molecular flexibility index (Phi) is 5.81. The molecule has 178 valence electrons. The van der Waals surface area contributed by atoms with Crippen LogP contribution in [0, 0.1) is 0 Å². The van der Waals surface area contributed by atoms with Gasteiger partial charge in [0.1, 0.15) is 18.0 Å². The van der Waals surface area contributed by atoms with Gasteiger partial charge in [-0.05, 0) is 55.3 Å². The van der Waals surface area contributed by atoms with Gasteiger partial charge in [0.15, 0.2) is 0 Å². The quantitative estimate of drug-likeness (QED) is 0.636. The highest BCUT2D eigenvalue weighted by atomic mass is 19.4. The van der Waals surface area contributed by atoms with Crippen LogP contribution in [-0.4, -0.2) is 50.4 Å². The maximum Gasteiger partial charge on any atom is 0.418 e. The van der Waals surface area contributed by atoms with E-state index < -0.39 is 11.7 Å². The molecule has 0 N–H and O–H groups in total. The Morgan fingerprint density at radius 1 is 1.06 bits per heavy atom. The summed E-state index contributed by atoms with van der Waals surface area (Å²) in [6.07, 6.45) is 5.71. The van der Waals surface area contributed by atoms with Gasteiger partial charge >= 0.3 is 6.18 Å². The number of piperidine rings is 1. The second kappa shape index (κ2) is 8.79. The minimum atomic E-state index is -4.46. The van der Waals surface area contributed by atoms with Gasteiger partial charge in [-0.2, -0.15) is 13.2 Å². The molecule has 3 aliphatic heterocycles. The van der Waals surface area contributed by atoms with Crippen LogP contribution < -0.4 is 4.90 Å². The zero-order valence-corrected chi connectivity index (χ0v) is 19.1. The molecule has 2 aromatic rings. The first-order valence-corrected chi connectivity index (χ1v) is 11.4. The number of anilines is 1. The molecule has 1 aromatic carbocycles. The van der Waals surface area contributed by atoms with E-state index in [1.54, 1.807) is 22.3 Å². The van der Waals surface area contributed by atoms with Crippen LogP contribution in [0.25, 0.3) is 0 Å². The second-order valence-corrected chi connectivity index (χ2v) is 8.97. The summed E-state index contributed by atoms with van der Waals surface area (Å²) in [7, 11) is 1.88. The molecule has 0 radical (unpaired) electrons. The summed E-state index contributed by atoms with van der Waals surface area (Å²) in [6.45, 7) is 6.47. The Morgan fingerprint density at radius 3 is 2.56 bits per heavy atom. The normalized spacial score (nSPS) is 19.2. The average molecular weight is 469 g/mol. The Labute approximate surface area is 197 Å². The number of rotatable bonds is 5. The summed E-state index contributed by atoms with van der Waals surface area (Å²) in [4.78, 5) is 5.51. The van der Waals surface area contributed by atoms with E-state index in [1.807, 2.05) is 35.9 Å². The molecule has 0 saturated carbocycles. The van der Waals surface area contributed by atoms with Crippen LogP contribution in [0.4, 0.5) is 18.9 Å². The Balaban J connectivity index is 1.44. The second-order valence-electron chi connectivity index (χ2n) is 8.97. The van der Waals surface area contributed by atoms with E-state index in [-0.39, 0.29) is 5.70 Å². The van der Waals surface area contributed by atoms with E-state index in [0.717, 1.165) is 43.0 Å². The molecular formula is C25H27F3N6. The molecular weight excluding hydrogens is 441 g/mol. The van der Waals surface area contributed by atoms with Crippen LogP contribution in [0.15, 0.2) is 78.3 Å². The van der Waals surface area contributed by atoms with Crippen molar-refractivity contribution in [2.24, 2.45) is 7.05 Å². The van der Waals surface area contributed by atoms with Crippen molar-refractivity contribution in [3.8, 4) is 0 Å². The number of aryl methyl sites for hydroxylation is 1. The lowest BCUT2D eigenvalue weighted by atomic mass is 10.0. The molecule has 9 heteroatoms. The zero-order valence-electron chi connectivity index (χ0n) is 19.1. The highest BCUT2D eigenvalue weighted by molar-refractivity contribution is 5.64. The fourth-order valence-electron chi connectivity index (χ4n) is 4.70. The molecule has 0 amide bonds. The smallest absolute Gasteiger partial charge is 0.320 e. The number of halogens is 3. The van der Waals surface area contributed by atoms with Crippen molar-refractivity contribution in [1.29, 1.82) is 0 Å². The summed E-state index contributed by atoms with van der Waals surface area (Å²) in [5.41, 5.74) is 1.83. The highest BCUT2D eigenvalue weighted by Gasteiger charge is 2.43. The first-order chi connectivity index (χ1) is 16.3. The third-order valence-corrected chi connectivity index (χ3v) is 6.48. The van der Waals surface area contributed by atoms with Gasteiger partial charge in [-0.25, -0.2) is 0 Å². The molecule has 6 nitrogen and oxygen atoms in total. The van der Waals surface area contributed by atoms with Crippen molar-refractivity contribution in [2.45, 2.75) is 31.9 Å². The van der Waals surface area contributed by atoms with E-state index in [9.17, 15) is 13.2 Å². The van der Waals surface area contributed by atoms with Gasteiger partial charge in [0.25, 0.3) is 0 Å². The van der Waals surface area contributed by atoms with Crippen molar-refractivity contribution in [2.75, 3.05) is 24.5 Å². The number of hydrogen-bond donors (Lipinski definition) is 0. The van der Waals surface area contributed by atoms with Gasteiger partial charge < -0.3 is 14.4 Å². The van der Waals surface area contributed by atoms with Gasteiger partial charge in [0, 0.05) is 38.1 Å². The summed E-state index contributed by atoms with van der Waals surface area (Å²) in [6, 6.07) is 7.68. The molecule has 0 aliphatic carbocycles. The maximum atomic E-state index is 14.1. The summed E-state index contributed by atoms with van der Waals surface area (Å²) < 4.78 is 44.0. The van der Waals surface area contributed by atoms with Crippen LogP contribution in [-0.2, 0) is 13.5 Å². The van der Waals surface area contributed by atoms with E-state index in [4.69, 9.17) is 0 Å². The first-order valence-electron chi connectivity index (χ1n) is 11.4. The molecule has 34 heavy (non-hydrogen) atoms. The van der Waals surface area contributed by atoms with E-state index in [0.29, 0.717) is 24.4 Å². The molecule has 1 saturated heterocycles. The lowest BCUT2D eigenvalue weighted by molar-refractivity contribution is -0.0909. The maximum absolute atomic E-state index is 14.1. The van der Waals surface area contributed by atoms with Crippen molar-refractivity contribution in [3.63, 3.8) is 0 Å². The minimum absolute atomic E-state index is 0.0959. The molecule has 0 atom stereocenters. The molecule has 0 bridgehead atoms. The Bertz CT molecular complexity index is 1180. The van der Waals surface area contributed by atoms with Gasteiger partial charge in [-0.3, -0.25) is 4.90 Å². The topological polar surface area (TPSA) is 40.4 Å². The van der Waals surface area contributed by atoms with Crippen LogP contribution >= 0.6 is 0 Å². The predicted octanol–water partition coefficient (Wildman–Crippen LogP) is 4.71. The van der Waals surface area contributed by atoms with Crippen molar-refractivity contribution in [1.82, 2.24) is 24.6 Å². The van der Waals surface area contributed by atoms with E-state index in [2.05, 4.69) is 21.7 Å². The molecule has 0 spiro atoms. The van der Waals surface area contributed by atoms with Crippen LogP contribution in [0.2, 0.25) is 0 Å². The molecule has 3 aliphatic rings. The molecule has 4 heterocycles. The third-order valence-electron chi connectivity index (χ3n) is 6.48. The molecule has 0 unspecified atom stereocenters. The number of alkyl halides is 3. The average Bonchev–Trinajstić information content (AvgIpc) is 3.36. The Hall–Kier alpha value is -3.33. The lowest BCUT2D eigenvalue weighted by Crippen LogP contribution is -2.33. The van der Waals surface area contributed by atoms with Crippen molar-refractivity contribution < 1.29 is 13.2 Å². The molecule has 5 rings (SSSR count).